The fourth-order valence-corrected chi connectivity index (χ4v) is 6.36. The summed E-state index contributed by atoms with van der Waals surface area (Å²) in [7, 11) is 0. The molecule has 0 radical (unpaired) electrons. The lowest BCUT2D eigenvalue weighted by Crippen LogP contribution is -2.03. The second-order valence-electron chi connectivity index (χ2n) is 10.6. The van der Waals surface area contributed by atoms with Crippen molar-refractivity contribution in [2.45, 2.75) is 13.2 Å². The molecular formula is C40H29N3. The molecule has 0 bridgehead atoms. The molecule has 43 heavy (non-hydrogen) atoms. The highest BCUT2D eigenvalue weighted by molar-refractivity contribution is 6.22. The molecule has 2 heterocycles. The number of fused-ring (bicyclic) bond motifs is 3. The third kappa shape index (κ3) is 4.12. The number of nitrogens with zero attached hydrogens (tertiary/aromatic N) is 3. The van der Waals surface area contributed by atoms with Gasteiger partial charge in [-0.15, -0.1) is 0 Å². The summed E-state index contributed by atoms with van der Waals surface area (Å²) in [5.41, 5.74) is 8.01. The molecule has 0 fully saturated rings. The summed E-state index contributed by atoms with van der Waals surface area (Å²) in [5.74, 6) is -0.158. The van der Waals surface area contributed by atoms with Crippen LogP contribution in [-0.4, -0.2) is 14.5 Å². The molecule has 0 saturated carbocycles. The quantitative estimate of drug-likeness (QED) is 0.197. The first-order chi connectivity index (χ1) is 23.2. The number of rotatable bonds is 5. The summed E-state index contributed by atoms with van der Waals surface area (Å²) < 4.78 is 43.6. The van der Waals surface area contributed by atoms with Gasteiger partial charge >= 0.3 is 0 Å². The zero-order chi connectivity index (χ0) is 33.0. The summed E-state index contributed by atoms with van der Waals surface area (Å²) in [4.78, 5) is 8.79. The Labute approximate surface area is 257 Å². The van der Waals surface area contributed by atoms with Crippen LogP contribution in [0.3, 0.4) is 0 Å². The molecule has 3 heteroatoms. The fourth-order valence-electron chi connectivity index (χ4n) is 6.36. The Morgan fingerprint density at radius 1 is 0.605 bits per heavy atom. The minimum Gasteiger partial charge on any atom is -0.296 e. The number of hydrogen-bond acceptors (Lipinski definition) is 2. The standard InChI is InChI=1S/C40H29N3/c1-2-38-42-35-19-8-10-21-37(35)43(38)36-20-9-7-18-34(36)40-32-16-5-3-14-30(32)39(31-15-4-6-17-33(31)40)29-13-11-12-28(26-29)27-22-24-41-25-23-27/h3-26H,2H2,1H3/i1D3,2D2. The highest BCUT2D eigenvalue weighted by Crippen LogP contribution is 2.45. The Hall–Kier alpha value is -5.54. The number of aryl methyl sites for hydroxylation is 1. The van der Waals surface area contributed by atoms with E-state index in [0.717, 1.165) is 54.9 Å². The number of benzene rings is 6. The molecular weight excluding hydrogens is 522 g/mol. The van der Waals surface area contributed by atoms with Gasteiger partial charge in [-0.1, -0.05) is 104 Å². The van der Waals surface area contributed by atoms with E-state index in [9.17, 15) is 0 Å². The van der Waals surface area contributed by atoms with Gasteiger partial charge in [0.1, 0.15) is 5.82 Å². The average Bonchev–Trinajstić information content (AvgIpc) is 3.51. The normalized spacial score (nSPS) is 13.8. The number of imidazole rings is 1. The first kappa shape index (κ1) is 20.4. The van der Waals surface area contributed by atoms with Crippen LogP contribution >= 0.6 is 0 Å². The third-order valence-corrected chi connectivity index (χ3v) is 8.18. The van der Waals surface area contributed by atoms with E-state index < -0.39 is 13.2 Å². The molecule has 0 N–H and O–H groups in total. The van der Waals surface area contributed by atoms with Crippen molar-refractivity contribution in [2.24, 2.45) is 0 Å². The van der Waals surface area contributed by atoms with Crippen molar-refractivity contribution < 1.29 is 6.85 Å². The van der Waals surface area contributed by atoms with Crippen molar-refractivity contribution in [1.29, 1.82) is 0 Å². The third-order valence-electron chi connectivity index (χ3n) is 8.18. The molecule has 0 unspecified atom stereocenters. The van der Waals surface area contributed by atoms with Gasteiger partial charge in [0, 0.05) is 31.2 Å². The van der Waals surface area contributed by atoms with E-state index in [1.165, 1.54) is 0 Å². The van der Waals surface area contributed by atoms with Gasteiger partial charge in [-0.25, -0.2) is 4.98 Å². The van der Waals surface area contributed by atoms with Crippen LogP contribution in [0.25, 0.3) is 71.6 Å². The maximum absolute atomic E-state index is 8.80. The van der Waals surface area contributed by atoms with E-state index in [1.54, 1.807) is 23.0 Å². The van der Waals surface area contributed by atoms with Crippen molar-refractivity contribution >= 4 is 32.6 Å². The molecule has 2 aromatic heterocycles. The monoisotopic (exact) mass is 556 g/mol. The highest BCUT2D eigenvalue weighted by Gasteiger charge is 2.21. The lowest BCUT2D eigenvalue weighted by atomic mass is 9.85. The van der Waals surface area contributed by atoms with Crippen molar-refractivity contribution in [3.8, 4) is 39.1 Å². The van der Waals surface area contributed by atoms with Gasteiger partial charge in [0.15, 0.2) is 0 Å². The molecule has 0 spiro atoms. The Bertz CT molecular complexity index is 2430. The number of para-hydroxylation sites is 3. The topological polar surface area (TPSA) is 30.7 Å². The molecule has 0 aliphatic heterocycles. The molecule has 0 amide bonds. The van der Waals surface area contributed by atoms with Crippen LogP contribution < -0.4 is 0 Å². The van der Waals surface area contributed by atoms with Gasteiger partial charge in [-0.05, 0) is 85.8 Å². The van der Waals surface area contributed by atoms with Gasteiger partial charge in [-0.3, -0.25) is 9.55 Å². The molecule has 204 valence electrons. The van der Waals surface area contributed by atoms with Crippen LogP contribution in [0.15, 0.2) is 146 Å². The molecule has 0 aliphatic carbocycles. The second kappa shape index (κ2) is 10.4. The minimum absolute atomic E-state index is 0.158. The molecule has 0 aliphatic rings. The van der Waals surface area contributed by atoms with Crippen molar-refractivity contribution in [3.05, 3.63) is 152 Å². The summed E-state index contributed by atoms with van der Waals surface area (Å²) in [5, 5.41) is 4.19. The Kier molecular flexibility index (Phi) is 4.91. The van der Waals surface area contributed by atoms with Gasteiger partial charge < -0.3 is 0 Å². The zero-order valence-corrected chi connectivity index (χ0v) is 23.2. The second-order valence-corrected chi connectivity index (χ2v) is 10.6. The van der Waals surface area contributed by atoms with E-state index in [1.807, 2.05) is 66.7 Å². The van der Waals surface area contributed by atoms with Gasteiger partial charge in [0.2, 0.25) is 0 Å². The van der Waals surface area contributed by atoms with Crippen molar-refractivity contribution in [1.82, 2.24) is 14.5 Å². The van der Waals surface area contributed by atoms with Crippen LogP contribution in [0.2, 0.25) is 0 Å². The van der Waals surface area contributed by atoms with Gasteiger partial charge in [-0.2, -0.15) is 0 Å². The van der Waals surface area contributed by atoms with Crippen molar-refractivity contribution in [2.75, 3.05) is 0 Å². The number of aromatic nitrogens is 3. The summed E-state index contributed by atoms with van der Waals surface area (Å²) in [6, 6.07) is 44.4. The van der Waals surface area contributed by atoms with Gasteiger partial charge in [0.25, 0.3) is 0 Å². The summed E-state index contributed by atoms with van der Waals surface area (Å²) in [6.07, 6.45) is 0.891. The van der Waals surface area contributed by atoms with Crippen LogP contribution in [0, 0.1) is 0 Å². The SMILES string of the molecule is [2H]C([2H])([2H])C([2H])([2H])c1nc2ccccc2n1-c1ccccc1-c1c2ccccc2c(-c2cccc(-c3ccncc3)c2)c2ccccc12. The predicted molar refractivity (Wildman–Crippen MR) is 180 cm³/mol. The maximum Gasteiger partial charge on any atom is 0.114 e. The van der Waals surface area contributed by atoms with Crippen LogP contribution in [0.5, 0.6) is 0 Å². The molecule has 8 rings (SSSR count). The lowest BCUT2D eigenvalue weighted by molar-refractivity contribution is 0.909. The van der Waals surface area contributed by atoms with E-state index in [0.29, 0.717) is 16.7 Å². The first-order valence-corrected chi connectivity index (χ1v) is 14.3. The van der Waals surface area contributed by atoms with Crippen LogP contribution in [0.1, 0.15) is 19.5 Å². The van der Waals surface area contributed by atoms with E-state index >= 15 is 0 Å². The van der Waals surface area contributed by atoms with Gasteiger partial charge in [0.05, 0.1) is 16.7 Å². The van der Waals surface area contributed by atoms with Crippen LogP contribution in [-0.2, 0) is 6.37 Å². The predicted octanol–water partition coefficient (Wildman–Crippen LogP) is 10.3. The average molecular weight is 557 g/mol. The molecule has 6 aromatic carbocycles. The molecule has 8 aromatic rings. The maximum atomic E-state index is 8.80. The van der Waals surface area contributed by atoms with E-state index in [2.05, 4.69) is 70.6 Å². The van der Waals surface area contributed by atoms with Crippen LogP contribution in [0.4, 0.5) is 0 Å². The van der Waals surface area contributed by atoms with E-state index in [4.69, 9.17) is 6.85 Å². The highest BCUT2D eigenvalue weighted by atomic mass is 15.1. The minimum atomic E-state index is -2.94. The molecule has 0 atom stereocenters. The first-order valence-electron chi connectivity index (χ1n) is 16.8. The summed E-state index contributed by atoms with van der Waals surface area (Å²) in [6.45, 7) is -2.94. The lowest BCUT2D eigenvalue weighted by Gasteiger charge is -2.21. The smallest absolute Gasteiger partial charge is 0.114 e. The zero-order valence-electron chi connectivity index (χ0n) is 28.2. The summed E-state index contributed by atoms with van der Waals surface area (Å²) >= 11 is 0. The number of hydrogen-bond donors (Lipinski definition) is 0. The Morgan fingerprint density at radius 3 is 1.98 bits per heavy atom. The van der Waals surface area contributed by atoms with E-state index in [-0.39, 0.29) is 5.82 Å². The Morgan fingerprint density at radius 2 is 1.23 bits per heavy atom. The van der Waals surface area contributed by atoms with Crippen molar-refractivity contribution in [3.63, 3.8) is 0 Å². The number of pyridine rings is 1. The Balaban J connectivity index is 1.45. The molecule has 3 nitrogen and oxygen atoms in total. The fraction of sp³-hybridized carbons (Fsp3) is 0.0500. The largest absolute Gasteiger partial charge is 0.296 e. The molecule has 0 saturated heterocycles.